The van der Waals surface area contributed by atoms with E-state index in [4.69, 9.17) is 0 Å². The predicted octanol–water partition coefficient (Wildman–Crippen LogP) is 2.28. The van der Waals surface area contributed by atoms with Gasteiger partial charge in [0.1, 0.15) is 24.8 Å². The van der Waals surface area contributed by atoms with Crippen molar-refractivity contribution in [3.63, 3.8) is 0 Å². The van der Waals surface area contributed by atoms with E-state index in [0.29, 0.717) is 31.1 Å². The van der Waals surface area contributed by atoms with Crippen LogP contribution in [0, 0.1) is 0 Å². The molecule has 0 aliphatic heterocycles. The molecule has 0 spiro atoms. The van der Waals surface area contributed by atoms with Crippen LogP contribution in [0.4, 0.5) is 5.69 Å². The van der Waals surface area contributed by atoms with Crippen LogP contribution in [-0.2, 0) is 38.6 Å². The van der Waals surface area contributed by atoms with Crippen LogP contribution in [-0.4, -0.2) is 35.0 Å². The summed E-state index contributed by atoms with van der Waals surface area (Å²) >= 11 is 0. The molecule has 3 rings (SSSR count). The summed E-state index contributed by atoms with van der Waals surface area (Å²) in [6, 6.07) is 21.2. The number of nitrogens with one attached hydrogen (secondary N) is 2. The lowest BCUT2D eigenvalue weighted by Gasteiger charge is -2.16. The summed E-state index contributed by atoms with van der Waals surface area (Å²) in [5.74, 6) is -0.905. The third-order valence-corrected chi connectivity index (χ3v) is 5.41. The van der Waals surface area contributed by atoms with Crippen LogP contribution in [0.1, 0.15) is 29.7 Å². The van der Waals surface area contributed by atoms with Gasteiger partial charge in [0.05, 0.1) is 6.04 Å². The SMILES string of the molecule is O=CC[C@@H](C=O)NC(=O)Cn1c(Cc2ccccc2)ccc(NC(=O)CCc2ccccc2)c1=O. The van der Waals surface area contributed by atoms with Crippen molar-refractivity contribution in [2.75, 3.05) is 5.32 Å². The Morgan fingerprint density at radius 2 is 1.51 bits per heavy atom. The molecule has 3 aromatic rings. The lowest BCUT2D eigenvalue weighted by Crippen LogP contribution is -2.41. The van der Waals surface area contributed by atoms with Gasteiger partial charge in [-0.2, -0.15) is 0 Å². The number of hydrogen-bond donors (Lipinski definition) is 2. The van der Waals surface area contributed by atoms with Crippen LogP contribution < -0.4 is 16.2 Å². The fourth-order valence-electron chi connectivity index (χ4n) is 3.61. The first-order valence-electron chi connectivity index (χ1n) is 11.3. The van der Waals surface area contributed by atoms with Crippen LogP contribution >= 0.6 is 0 Å². The van der Waals surface area contributed by atoms with E-state index in [1.807, 2.05) is 60.7 Å². The van der Waals surface area contributed by atoms with E-state index in [2.05, 4.69) is 10.6 Å². The highest BCUT2D eigenvalue weighted by molar-refractivity contribution is 5.90. The van der Waals surface area contributed by atoms with Crippen molar-refractivity contribution in [2.24, 2.45) is 0 Å². The number of nitrogens with zero attached hydrogens (tertiary/aromatic N) is 1. The molecule has 8 heteroatoms. The maximum Gasteiger partial charge on any atom is 0.275 e. The Morgan fingerprint density at radius 3 is 2.14 bits per heavy atom. The number of rotatable bonds is 12. The number of benzene rings is 2. The fourth-order valence-corrected chi connectivity index (χ4v) is 3.61. The van der Waals surface area contributed by atoms with Gasteiger partial charge < -0.3 is 24.8 Å². The minimum absolute atomic E-state index is 0.0625. The summed E-state index contributed by atoms with van der Waals surface area (Å²) in [6.07, 6.45) is 1.97. The normalized spacial score (nSPS) is 11.3. The van der Waals surface area contributed by atoms with E-state index < -0.39 is 17.5 Å². The molecular formula is C27H27N3O5. The Hall–Kier alpha value is -4.33. The van der Waals surface area contributed by atoms with Crippen LogP contribution in [0.5, 0.6) is 0 Å². The average molecular weight is 474 g/mol. The summed E-state index contributed by atoms with van der Waals surface area (Å²) in [5, 5.41) is 5.10. The third-order valence-electron chi connectivity index (χ3n) is 5.41. The molecule has 2 N–H and O–H groups in total. The summed E-state index contributed by atoms with van der Waals surface area (Å²) in [6.45, 7) is -0.363. The van der Waals surface area contributed by atoms with Gasteiger partial charge in [0.2, 0.25) is 11.8 Å². The molecule has 0 bridgehead atoms. The second kappa shape index (κ2) is 12.8. The molecule has 2 amide bonds. The van der Waals surface area contributed by atoms with Crippen molar-refractivity contribution in [3.05, 3.63) is 100.0 Å². The second-order valence-corrected chi connectivity index (χ2v) is 8.04. The number of aromatic nitrogens is 1. The van der Waals surface area contributed by atoms with Crippen LogP contribution in [0.25, 0.3) is 0 Å². The minimum atomic E-state index is -0.964. The van der Waals surface area contributed by atoms with E-state index in [1.54, 1.807) is 6.07 Å². The number of amides is 2. The second-order valence-electron chi connectivity index (χ2n) is 8.04. The molecule has 2 aromatic carbocycles. The molecule has 1 aromatic heterocycles. The molecule has 180 valence electrons. The van der Waals surface area contributed by atoms with E-state index in [1.165, 1.54) is 10.6 Å². The van der Waals surface area contributed by atoms with Crippen molar-refractivity contribution in [1.82, 2.24) is 9.88 Å². The maximum atomic E-state index is 13.2. The largest absolute Gasteiger partial charge is 0.345 e. The highest BCUT2D eigenvalue weighted by Crippen LogP contribution is 2.12. The standard InChI is InChI=1S/C27H27N3O5/c31-16-15-22(19-32)28-26(34)18-30-23(17-21-9-5-2-6-10-21)12-13-24(27(30)35)29-25(33)14-11-20-7-3-1-4-8-20/h1-10,12-13,16,19,22H,11,14-15,17-18H2,(H,28,34)(H,29,33)/t22-/m0/s1. The monoisotopic (exact) mass is 473 g/mol. The van der Waals surface area contributed by atoms with Gasteiger partial charge in [0, 0.05) is 25.0 Å². The van der Waals surface area contributed by atoms with Gasteiger partial charge in [-0.15, -0.1) is 0 Å². The zero-order valence-corrected chi connectivity index (χ0v) is 19.2. The Kier molecular flexibility index (Phi) is 9.24. The van der Waals surface area contributed by atoms with Crippen molar-refractivity contribution in [2.45, 2.75) is 38.3 Å². The summed E-state index contributed by atoms with van der Waals surface area (Å²) in [5.41, 5.74) is 2.05. The summed E-state index contributed by atoms with van der Waals surface area (Å²) in [7, 11) is 0. The van der Waals surface area contributed by atoms with Gasteiger partial charge in [-0.25, -0.2) is 0 Å². The van der Waals surface area contributed by atoms with Gasteiger partial charge in [-0.1, -0.05) is 60.7 Å². The molecule has 0 unspecified atom stereocenters. The molecular weight excluding hydrogens is 446 g/mol. The minimum Gasteiger partial charge on any atom is -0.345 e. The molecule has 0 fully saturated rings. The number of aldehydes is 2. The highest BCUT2D eigenvalue weighted by Gasteiger charge is 2.17. The first kappa shape index (κ1) is 25.3. The molecule has 0 aliphatic carbocycles. The number of aryl methyl sites for hydroxylation is 1. The highest BCUT2D eigenvalue weighted by atomic mass is 16.2. The summed E-state index contributed by atoms with van der Waals surface area (Å²) < 4.78 is 1.28. The maximum absolute atomic E-state index is 13.2. The molecule has 35 heavy (non-hydrogen) atoms. The lowest BCUT2D eigenvalue weighted by atomic mass is 10.1. The van der Waals surface area contributed by atoms with Crippen LogP contribution in [0.2, 0.25) is 0 Å². The number of carbonyl (C=O) groups is 4. The Bertz CT molecular complexity index is 1220. The molecule has 1 heterocycles. The molecule has 0 radical (unpaired) electrons. The van der Waals surface area contributed by atoms with Gasteiger partial charge in [0.15, 0.2) is 0 Å². The quantitative estimate of drug-likeness (QED) is 0.392. The van der Waals surface area contributed by atoms with E-state index in [9.17, 15) is 24.0 Å². The average Bonchev–Trinajstić information content (AvgIpc) is 2.87. The zero-order valence-electron chi connectivity index (χ0n) is 19.2. The Morgan fingerprint density at radius 1 is 0.857 bits per heavy atom. The van der Waals surface area contributed by atoms with E-state index in [-0.39, 0.29) is 31.0 Å². The van der Waals surface area contributed by atoms with E-state index in [0.717, 1.165) is 11.1 Å². The fraction of sp³-hybridized carbons (Fsp3) is 0.222. The molecule has 8 nitrogen and oxygen atoms in total. The van der Waals surface area contributed by atoms with Crippen molar-refractivity contribution >= 4 is 30.1 Å². The van der Waals surface area contributed by atoms with Crippen molar-refractivity contribution in [1.29, 1.82) is 0 Å². The first-order valence-corrected chi connectivity index (χ1v) is 11.3. The summed E-state index contributed by atoms with van der Waals surface area (Å²) in [4.78, 5) is 60.1. The van der Waals surface area contributed by atoms with E-state index >= 15 is 0 Å². The van der Waals surface area contributed by atoms with Crippen LogP contribution in [0.15, 0.2) is 77.6 Å². The van der Waals surface area contributed by atoms with Crippen molar-refractivity contribution in [3.8, 4) is 0 Å². The van der Waals surface area contributed by atoms with Gasteiger partial charge in [0.25, 0.3) is 5.56 Å². The molecule has 0 saturated heterocycles. The molecule has 0 saturated carbocycles. The number of pyridine rings is 1. The number of carbonyl (C=O) groups excluding carboxylic acids is 4. The lowest BCUT2D eigenvalue weighted by molar-refractivity contribution is -0.125. The predicted molar refractivity (Wildman–Crippen MR) is 132 cm³/mol. The number of hydrogen-bond acceptors (Lipinski definition) is 5. The number of anilines is 1. The molecule has 1 atom stereocenters. The molecule has 0 aliphatic rings. The zero-order chi connectivity index (χ0) is 25.0. The first-order chi connectivity index (χ1) is 17.0. The topological polar surface area (TPSA) is 114 Å². The van der Waals surface area contributed by atoms with Gasteiger partial charge >= 0.3 is 0 Å². The van der Waals surface area contributed by atoms with Crippen LogP contribution in [0.3, 0.4) is 0 Å². The van der Waals surface area contributed by atoms with Gasteiger partial charge in [-0.05, 0) is 29.7 Å². The van der Waals surface area contributed by atoms with Crippen molar-refractivity contribution < 1.29 is 19.2 Å². The smallest absolute Gasteiger partial charge is 0.275 e. The Labute approximate surface area is 203 Å². The Balaban J connectivity index is 1.81. The third kappa shape index (κ3) is 7.60. The van der Waals surface area contributed by atoms with Gasteiger partial charge in [-0.3, -0.25) is 14.4 Å².